The molecular weight excluding hydrogens is 256 g/mol. The summed E-state index contributed by atoms with van der Waals surface area (Å²) in [6.07, 6.45) is 1.79. The average molecular weight is 269 g/mol. The molecule has 0 fully saturated rings. The number of aromatic nitrogens is 1. The van der Waals surface area contributed by atoms with E-state index in [2.05, 4.69) is 10.3 Å². The summed E-state index contributed by atoms with van der Waals surface area (Å²) < 4.78 is 5.52. The predicted octanol–water partition coefficient (Wildman–Crippen LogP) is 3.81. The van der Waals surface area contributed by atoms with Gasteiger partial charge in [0.2, 0.25) is 0 Å². The van der Waals surface area contributed by atoms with Gasteiger partial charge in [-0.15, -0.1) is 11.3 Å². The van der Waals surface area contributed by atoms with Crippen molar-refractivity contribution in [1.82, 2.24) is 4.98 Å². The van der Waals surface area contributed by atoms with Crippen molar-refractivity contribution in [3.05, 3.63) is 39.8 Å². The lowest BCUT2D eigenvalue weighted by Gasteiger charge is -2.11. The second-order valence-corrected chi connectivity index (χ2v) is 4.77. The van der Waals surface area contributed by atoms with Crippen LogP contribution in [-0.2, 0) is 6.54 Å². The van der Waals surface area contributed by atoms with Gasteiger partial charge in [-0.25, -0.2) is 4.98 Å². The Morgan fingerprint density at radius 3 is 3.06 bits per heavy atom. The summed E-state index contributed by atoms with van der Waals surface area (Å²) in [6.45, 7) is 3.27. The molecule has 0 aliphatic rings. The highest BCUT2D eigenvalue weighted by atomic mass is 35.5. The SMILES string of the molecule is CCOc1ccc(Cl)cc1NCc1nccs1. The monoisotopic (exact) mass is 268 g/mol. The highest BCUT2D eigenvalue weighted by molar-refractivity contribution is 7.09. The molecule has 0 unspecified atom stereocenters. The number of hydrogen-bond donors (Lipinski definition) is 1. The summed E-state index contributed by atoms with van der Waals surface area (Å²) in [4.78, 5) is 4.21. The van der Waals surface area contributed by atoms with Gasteiger partial charge in [0.1, 0.15) is 10.8 Å². The van der Waals surface area contributed by atoms with Crippen LogP contribution in [0, 0.1) is 0 Å². The predicted molar refractivity (Wildman–Crippen MR) is 72.1 cm³/mol. The van der Waals surface area contributed by atoms with Gasteiger partial charge in [0, 0.05) is 16.6 Å². The van der Waals surface area contributed by atoms with E-state index in [1.807, 2.05) is 30.5 Å². The van der Waals surface area contributed by atoms with Crippen molar-refractivity contribution >= 4 is 28.6 Å². The fourth-order valence-electron chi connectivity index (χ4n) is 1.43. The van der Waals surface area contributed by atoms with E-state index in [0.29, 0.717) is 18.2 Å². The molecule has 1 N–H and O–H groups in total. The summed E-state index contributed by atoms with van der Waals surface area (Å²) in [5, 5.41) is 6.96. The number of anilines is 1. The van der Waals surface area contributed by atoms with Crippen LogP contribution in [-0.4, -0.2) is 11.6 Å². The highest BCUT2D eigenvalue weighted by Crippen LogP contribution is 2.28. The zero-order valence-electron chi connectivity index (χ0n) is 9.44. The van der Waals surface area contributed by atoms with Gasteiger partial charge in [-0.3, -0.25) is 0 Å². The van der Waals surface area contributed by atoms with Crippen LogP contribution in [0.25, 0.3) is 0 Å². The van der Waals surface area contributed by atoms with Crippen LogP contribution in [0.5, 0.6) is 5.75 Å². The van der Waals surface area contributed by atoms with Crippen molar-refractivity contribution in [1.29, 1.82) is 0 Å². The quantitative estimate of drug-likeness (QED) is 0.895. The molecule has 3 nitrogen and oxygen atoms in total. The van der Waals surface area contributed by atoms with Gasteiger partial charge in [-0.05, 0) is 25.1 Å². The molecule has 5 heteroatoms. The number of nitrogens with one attached hydrogen (secondary N) is 1. The lowest BCUT2D eigenvalue weighted by molar-refractivity contribution is 0.341. The molecule has 1 heterocycles. The Labute approximate surface area is 109 Å². The van der Waals surface area contributed by atoms with Gasteiger partial charge >= 0.3 is 0 Å². The van der Waals surface area contributed by atoms with Crippen LogP contribution in [0.15, 0.2) is 29.8 Å². The van der Waals surface area contributed by atoms with Crippen LogP contribution in [0.1, 0.15) is 11.9 Å². The van der Waals surface area contributed by atoms with Crippen LogP contribution in [0.3, 0.4) is 0 Å². The summed E-state index contributed by atoms with van der Waals surface area (Å²) in [5.41, 5.74) is 0.898. The van der Waals surface area contributed by atoms with Gasteiger partial charge in [0.05, 0.1) is 18.8 Å². The third kappa shape index (κ3) is 3.35. The average Bonchev–Trinajstić information content (AvgIpc) is 2.82. The van der Waals surface area contributed by atoms with Crippen LogP contribution < -0.4 is 10.1 Å². The standard InChI is InChI=1S/C12H13ClN2OS/c1-2-16-11-4-3-9(13)7-10(11)15-8-12-14-5-6-17-12/h3-7,15H,2,8H2,1H3. The maximum atomic E-state index is 5.97. The number of nitrogens with zero attached hydrogens (tertiary/aromatic N) is 1. The lowest BCUT2D eigenvalue weighted by Crippen LogP contribution is -2.02. The molecule has 0 radical (unpaired) electrons. The van der Waals surface area contributed by atoms with Crippen molar-refractivity contribution in [2.75, 3.05) is 11.9 Å². The molecule has 0 bridgehead atoms. The number of thiazole rings is 1. The molecule has 90 valence electrons. The molecule has 0 saturated heterocycles. The lowest BCUT2D eigenvalue weighted by atomic mass is 10.3. The third-order valence-corrected chi connectivity index (χ3v) is 3.17. The van der Waals surface area contributed by atoms with E-state index in [0.717, 1.165) is 16.4 Å². The number of halogens is 1. The topological polar surface area (TPSA) is 34.1 Å². The second-order valence-electron chi connectivity index (χ2n) is 3.35. The molecule has 0 saturated carbocycles. The first kappa shape index (κ1) is 12.2. The Balaban J connectivity index is 2.10. The van der Waals surface area contributed by atoms with Crippen molar-refractivity contribution in [2.24, 2.45) is 0 Å². The fourth-order valence-corrected chi connectivity index (χ4v) is 2.16. The van der Waals surface area contributed by atoms with E-state index in [4.69, 9.17) is 16.3 Å². The zero-order valence-corrected chi connectivity index (χ0v) is 11.0. The molecule has 0 atom stereocenters. The minimum Gasteiger partial charge on any atom is -0.492 e. The largest absolute Gasteiger partial charge is 0.492 e. The number of rotatable bonds is 5. The van der Waals surface area contributed by atoms with E-state index in [-0.39, 0.29) is 0 Å². The summed E-state index contributed by atoms with van der Waals surface area (Å²) in [6, 6.07) is 5.55. The molecule has 0 aliphatic heterocycles. The highest BCUT2D eigenvalue weighted by Gasteiger charge is 2.04. The maximum Gasteiger partial charge on any atom is 0.142 e. The first-order chi connectivity index (χ1) is 8.29. The second kappa shape index (κ2) is 5.89. The summed E-state index contributed by atoms with van der Waals surface area (Å²) in [5.74, 6) is 0.813. The Kier molecular flexibility index (Phi) is 4.23. The first-order valence-corrected chi connectivity index (χ1v) is 6.60. The van der Waals surface area contributed by atoms with Crippen molar-refractivity contribution in [2.45, 2.75) is 13.5 Å². The molecule has 1 aromatic heterocycles. The molecule has 1 aromatic carbocycles. The maximum absolute atomic E-state index is 5.97. The van der Waals surface area contributed by atoms with Gasteiger partial charge in [-0.2, -0.15) is 0 Å². The van der Waals surface area contributed by atoms with Gasteiger partial charge in [0.25, 0.3) is 0 Å². The summed E-state index contributed by atoms with van der Waals surface area (Å²) in [7, 11) is 0. The van der Waals surface area contributed by atoms with Crippen LogP contribution >= 0.6 is 22.9 Å². The van der Waals surface area contributed by atoms with E-state index in [1.54, 1.807) is 17.5 Å². The molecule has 17 heavy (non-hydrogen) atoms. The Morgan fingerprint density at radius 2 is 2.35 bits per heavy atom. The van der Waals surface area contributed by atoms with Crippen molar-refractivity contribution in [3.8, 4) is 5.75 Å². The minimum absolute atomic E-state index is 0.633. The normalized spacial score (nSPS) is 10.2. The van der Waals surface area contributed by atoms with Crippen molar-refractivity contribution < 1.29 is 4.74 Å². The van der Waals surface area contributed by atoms with Crippen molar-refractivity contribution in [3.63, 3.8) is 0 Å². The number of ether oxygens (including phenoxy) is 1. The Morgan fingerprint density at radius 1 is 1.47 bits per heavy atom. The number of hydrogen-bond acceptors (Lipinski definition) is 4. The molecule has 2 rings (SSSR count). The minimum atomic E-state index is 0.633. The summed E-state index contributed by atoms with van der Waals surface area (Å²) >= 11 is 7.59. The Bertz CT molecular complexity index is 473. The van der Waals surface area contributed by atoms with E-state index in [9.17, 15) is 0 Å². The van der Waals surface area contributed by atoms with Crippen LogP contribution in [0.2, 0.25) is 5.02 Å². The molecule has 0 aliphatic carbocycles. The Hall–Kier alpha value is -1.26. The first-order valence-electron chi connectivity index (χ1n) is 5.34. The van der Waals surface area contributed by atoms with Gasteiger partial charge in [0.15, 0.2) is 0 Å². The molecule has 2 aromatic rings. The molecular formula is C12H13ClN2OS. The molecule has 0 spiro atoms. The van der Waals surface area contributed by atoms with Gasteiger partial charge in [-0.1, -0.05) is 11.6 Å². The smallest absolute Gasteiger partial charge is 0.142 e. The zero-order chi connectivity index (χ0) is 12.1. The fraction of sp³-hybridized carbons (Fsp3) is 0.250. The molecule has 0 amide bonds. The third-order valence-electron chi connectivity index (χ3n) is 2.15. The van der Waals surface area contributed by atoms with E-state index in [1.165, 1.54) is 0 Å². The number of benzene rings is 1. The van der Waals surface area contributed by atoms with E-state index < -0.39 is 0 Å². The van der Waals surface area contributed by atoms with E-state index >= 15 is 0 Å². The van der Waals surface area contributed by atoms with Gasteiger partial charge < -0.3 is 10.1 Å². The van der Waals surface area contributed by atoms with Crippen LogP contribution in [0.4, 0.5) is 5.69 Å².